The molecule has 1 aromatic heterocycles. The van der Waals surface area contributed by atoms with Gasteiger partial charge in [0.05, 0.1) is 0 Å². The Kier molecular flexibility index (Phi) is 5.22. The number of thiophene rings is 1. The lowest BCUT2D eigenvalue weighted by molar-refractivity contribution is 0.580. The monoisotopic (exact) mass is 346 g/mol. The number of hydrogen-bond acceptors (Lipinski definition) is 1. The van der Waals surface area contributed by atoms with E-state index in [1.165, 1.54) is 10.9 Å². The van der Waals surface area contributed by atoms with Crippen LogP contribution in [0.15, 0.2) is 40.2 Å². The van der Waals surface area contributed by atoms with Gasteiger partial charge in [0.15, 0.2) is 0 Å². The van der Waals surface area contributed by atoms with Crippen molar-refractivity contribution < 1.29 is 4.39 Å². The second-order valence-electron chi connectivity index (χ2n) is 4.29. The Morgan fingerprint density at radius 1 is 1.28 bits per heavy atom. The van der Waals surface area contributed by atoms with Gasteiger partial charge in [0.2, 0.25) is 0 Å². The molecule has 0 aliphatic rings. The third-order valence-corrected chi connectivity index (χ3v) is 4.90. The molecule has 18 heavy (non-hydrogen) atoms. The Hall–Kier alpha value is -0.380. The second-order valence-corrected chi connectivity index (χ2v) is 6.51. The van der Waals surface area contributed by atoms with E-state index in [9.17, 15) is 4.39 Å². The zero-order valence-corrected chi connectivity index (χ0v) is 12.9. The Labute approximate surface area is 124 Å². The van der Waals surface area contributed by atoms with Crippen molar-refractivity contribution in [2.45, 2.75) is 12.8 Å². The van der Waals surface area contributed by atoms with E-state index in [-0.39, 0.29) is 5.82 Å². The van der Waals surface area contributed by atoms with Gasteiger partial charge in [-0.15, -0.1) is 22.9 Å². The number of halogens is 3. The van der Waals surface area contributed by atoms with Crippen LogP contribution in [-0.4, -0.2) is 5.88 Å². The summed E-state index contributed by atoms with van der Waals surface area (Å²) in [7, 11) is 0. The smallest absolute Gasteiger partial charge is 0.123 e. The Balaban J connectivity index is 2.01. The van der Waals surface area contributed by atoms with Crippen molar-refractivity contribution in [3.8, 4) is 0 Å². The molecular weight excluding hydrogens is 335 g/mol. The van der Waals surface area contributed by atoms with E-state index in [0.29, 0.717) is 11.8 Å². The summed E-state index contributed by atoms with van der Waals surface area (Å²) in [6.07, 6.45) is 1.76. The van der Waals surface area contributed by atoms with Gasteiger partial charge in [-0.3, -0.25) is 0 Å². The van der Waals surface area contributed by atoms with Gasteiger partial charge < -0.3 is 0 Å². The van der Waals surface area contributed by atoms with Gasteiger partial charge in [-0.2, -0.15) is 0 Å². The van der Waals surface area contributed by atoms with Crippen LogP contribution in [0.3, 0.4) is 0 Å². The second kappa shape index (κ2) is 6.69. The molecule has 0 amide bonds. The first kappa shape index (κ1) is 14.0. The van der Waals surface area contributed by atoms with Gasteiger partial charge in [0.1, 0.15) is 5.82 Å². The Morgan fingerprint density at radius 2 is 2.11 bits per heavy atom. The molecule has 96 valence electrons. The van der Waals surface area contributed by atoms with E-state index in [2.05, 4.69) is 27.4 Å². The van der Waals surface area contributed by atoms with Gasteiger partial charge in [0.25, 0.3) is 0 Å². The van der Waals surface area contributed by atoms with E-state index in [0.717, 1.165) is 22.9 Å². The van der Waals surface area contributed by atoms with Crippen molar-refractivity contribution in [1.29, 1.82) is 0 Å². The van der Waals surface area contributed by atoms with E-state index in [1.807, 2.05) is 6.07 Å². The first-order chi connectivity index (χ1) is 8.67. The zero-order valence-electron chi connectivity index (χ0n) is 9.70. The molecule has 2 rings (SSSR count). The average molecular weight is 348 g/mol. The summed E-state index contributed by atoms with van der Waals surface area (Å²) in [6, 6.07) is 8.87. The molecule has 0 saturated carbocycles. The van der Waals surface area contributed by atoms with Crippen LogP contribution in [0.2, 0.25) is 0 Å². The summed E-state index contributed by atoms with van der Waals surface area (Å²) in [4.78, 5) is 1.31. The predicted molar refractivity (Wildman–Crippen MR) is 80.0 cm³/mol. The van der Waals surface area contributed by atoms with Crippen LogP contribution >= 0.6 is 38.9 Å². The molecule has 1 heterocycles. The molecule has 0 bridgehead atoms. The fraction of sp³-hybridized carbons (Fsp3) is 0.286. The standard InChI is InChI=1S/C14H13BrClFS/c15-12-7-14(18-9-12)6-11(8-16)4-10-2-1-3-13(17)5-10/h1-3,5,7,9,11H,4,6,8H2. The van der Waals surface area contributed by atoms with Crippen LogP contribution in [0.5, 0.6) is 0 Å². The number of alkyl halides is 1. The minimum Gasteiger partial charge on any atom is -0.207 e. The predicted octanol–water partition coefficient (Wildman–Crippen LogP) is 5.29. The van der Waals surface area contributed by atoms with E-state index in [1.54, 1.807) is 23.5 Å². The summed E-state index contributed by atoms with van der Waals surface area (Å²) in [5.41, 5.74) is 1.01. The highest BCUT2D eigenvalue weighted by atomic mass is 79.9. The zero-order chi connectivity index (χ0) is 13.0. The largest absolute Gasteiger partial charge is 0.207 e. The summed E-state index contributed by atoms with van der Waals surface area (Å²) < 4.78 is 14.2. The van der Waals surface area contributed by atoms with Gasteiger partial charge in [-0.1, -0.05) is 12.1 Å². The molecule has 4 heteroatoms. The first-order valence-electron chi connectivity index (χ1n) is 5.70. The van der Waals surface area contributed by atoms with Crippen molar-refractivity contribution in [2.75, 3.05) is 5.88 Å². The van der Waals surface area contributed by atoms with E-state index in [4.69, 9.17) is 11.6 Å². The van der Waals surface area contributed by atoms with Gasteiger partial charge in [-0.25, -0.2) is 4.39 Å². The van der Waals surface area contributed by atoms with E-state index >= 15 is 0 Å². The summed E-state index contributed by atoms with van der Waals surface area (Å²) in [5.74, 6) is 0.755. The van der Waals surface area contributed by atoms with Gasteiger partial charge >= 0.3 is 0 Å². The molecule has 0 N–H and O–H groups in total. The maximum absolute atomic E-state index is 13.1. The minimum absolute atomic E-state index is 0.181. The molecular formula is C14H13BrClFS. The topological polar surface area (TPSA) is 0 Å². The molecule has 0 aliphatic heterocycles. The summed E-state index contributed by atoms with van der Waals surface area (Å²) in [6.45, 7) is 0. The van der Waals surface area contributed by atoms with Crippen LogP contribution < -0.4 is 0 Å². The van der Waals surface area contributed by atoms with Crippen molar-refractivity contribution in [1.82, 2.24) is 0 Å². The van der Waals surface area contributed by atoms with Gasteiger partial charge in [0, 0.05) is 20.6 Å². The normalized spacial score (nSPS) is 12.6. The highest BCUT2D eigenvalue weighted by molar-refractivity contribution is 9.10. The minimum atomic E-state index is -0.181. The number of hydrogen-bond donors (Lipinski definition) is 0. The van der Waals surface area contributed by atoms with Gasteiger partial charge in [-0.05, 0) is 58.5 Å². The molecule has 2 aromatic rings. The number of benzene rings is 1. The lowest BCUT2D eigenvalue weighted by atomic mass is 9.97. The first-order valence-corrected chi connectivity index (χ1v) is 7.91. The molecule has 0 spiro atoms. The van der Waals surface area contributed by atoms with Crippen molar-refractivity contribution in [3.05, 3.63) is 56.4 Å². The lowest BCUT2D eigenvalue weighted by Gasteiger charge is -2.12. The fourth-order valence-corrected chi connectivity index (χ4v) is 3.71. The Bertz CT molecular complexity index is 512. The molecule has 0 radical (unpaired) electrons. The third kappa shape index (κ3) is 4.08. The molecule has 0 nitrogen and oxygen atoms in total. The average Bonchev–Trinajstić information content (AvgIpc) is 2.74. The third-order valence-electron chi connectivity index (χ3n) is 2.74. The highest BCUT2D eigenvalue weighted by Crippen LogP contribution is 2.24. The quantitative estimate of drug-likeness (QED) is 0.645. The van der Waals surface area contributed by atoms with Crippen LogP contribution in [0.1, 0.15) is 10.4 Å². The van der Waals surface area contributed by atoms with Crippen LogP contribution in [0, 0.1) is 11.7 Å². The molecule has 1 unspecified atom stereocenters. The lowest BCUT2D eigenvalue weighted by Crippen LogP contribution is -2.09. The molecule has 0 saturated heterocycles. The summed E-state index contributed by atoms with van der Waals surface area (Å²) in [5, 5.41) is 2.07. The summed E-state index contributed by atoms with van der Waals surface area (Å²) >= 11 is 11.2. The highest BCUT2D eigenvalue weighted by Gasteiger charge is 2.11. The van der Waals surface area contributed by atoms with Crippen molar-refractivity contribution in [3.63, 3.8) is 0 Å². The maximum atomic E-state index is 13.1. The fourth-order valence-electron chi connectivity index (χ4n) is 1.92. The van der Waals surface area contributed by atoms with E-state index < -0.39 is 0 Å². The SMILES string of the molecule is Fc1cccc(CC(CCl)Cc2cc(Br)cs2)c1. The van der Waals surface area contributed by atoms with Crippen molar-refractivity contribution in [2.24, 2.45) is 5.92 Å². The molecule has 1 aromatic carbocycles. The molecule has 1 atom stereocenters. The van der Waals surface area contributed by atoms with Crippen LogP contribution in [0.4, 0.5) is 4.39 Å². The Morgan fingerprint density at radius 3 is 2.72 bits per heavy atom. The maximum Gasteiger partial charge on any atom is 0.123 e. The molecule has 0 fully saturated rings. The van der Waals surface area contributed by atoms with Crippen molar-refractivity contribution >= 4 is 38.9 Å². The van der Waals surface area contributed by atoms with Crippen LogP contribution in [-0.2, 0) is 12.8 Å². The molecule has 0 aliphatic carbocycles. The van der Waals surface area contributed by atoms with Crippen LogP contribution in [0.25, 0.3) is 0 Å². The number of rotatable bonds is 5.